The first-order valence-corrected chi connectivity index (χ1v) is 9.56. The lowest BCUT2D eigenvalue weighted by Crippen LogP contribution is -2.51. The summed E-state index contributed by atoms with van der Waals surface area (Å²) in [6.07, 6.45) is 1.85. The summed E-state index contributed by atoms with van der Waals surface area (Å²) in [5, 5.41) is 3.11. The number of thioether (sulfide) groups is 1. The van der Waals surface area contributed by atoms with Gasteiger partial charge in [-0.2, -0.15) is 0 Å². The van der Waals surface area contributed by atoms with E-state index in [0.29, 0.717) is 5.96 Å². The molecule has 1 aliphatic heterocycles. The Bertz CT molecular complexity index is 607. The number of nitrogens with zero attached hydrogens (tertiary/aromatic N) is 4. The van der Waals surface area contributed by atoms with Crippen molar-refractivity contribution in [1.82, 2.24) is 9.88 Å². The van der Waals surface area contributed by atoms with Crippen LogP contribution in [-0.2, 0) is 0 Å². The number of piperazine rings is 1. The maximum atomic E-state index is 6.13. The lowest BCUT2D eigenvalue weighted by molar-refractivity contribution is 0.381. The minimum Gasteiger partial charge on any atom is -0.370 e. The minimum absolute atomic E-state index is 0.664. The molecule has 0 amide bonds. The molecule has 0 bridgehead atoms. The van der Waals surface area contributed by atoms with E-state index < -0.39 is 0 Å². The van der Waals surface area contributed by atoms with E-state index in [1.54, 1.807) is 11.3 Å². The fraction of sp³-hybridized carbons (Fsp3) is 0.375. The van der Waals surface area contributed by atoms with E-state index in [0.717, 1.165) is 43.6 Å². The Morgan fingerprint density at radius 2 is 2.00 bits per heavy atom. The number of aromatic nitrogens is 1. The van der Waals surface area contributed by atoms with Crippen LogP contribution >= 0.6 is 23.1 Å². The molecule has 0 radical (unpaired) electrons. The molecule has 7 heteroatoms. The van der Waals surface area contributed by atoms with Crippen molar-refractivity contribution in [1.29, 1.82) is 0 Å². The summed E-state index contributed by atoms with van der Waals surface area (Å²) < 4.78 is 0. The molecule has 0 saturated carbocycles. The summed E-state index contributed by atoms with van der Waals surface area (Å²) in [7, 11) is 0. The van der Waals surface area contributed by atoms with Crippen molar-refractivity contribution in [2.45, 2.75) is 4.90 Å². The first-order chi connectivity index (χ1) is 11.3. The van der Waals surface area contributed by atoms with E-state index in [2.05, 4.69) is 44.0 Å². The molecule has 122 valence electrons. The number of thiazole rings is 1. The third-order valence-corrected chi connectivity index (χ3v) is 5.49. The van der Waals surface area contributed by atoms with Crippen LogP contribution in [0.5, 0.6) is 0 Å². The molecule has 1 aromatic heterocycles. The van der Waals surface area contributed by atoms with Gasteiger partial charge in [0, 0.05) is 48.4 Å². The summed E-state index contributed by atoms with van der Waals surface area (Å²) >= 11 is 3.50. The van der Waals surface area contributed by atoms with Crippen LogP contribution in [0.4, 0.5) is 5.13 Å². The average molecular weight is 348 g/mol. The molecule has 1 fully saturated rings. The topological polar surface area (TPSA) is 57.8 Å². The predicted octanol–water partition coefficient (Wildman–Crippen LogP) is 2.37. The summed E-state index contributed by atoms with van der Waals surface area (Å²) in [4.78, 5) is 14.6. The smallest absolute Gasteiger partial charge is 0.191 e. The van der Waals surface area contributed by atoms with Gasteiger partial charge in [0.05, 0.1) is 6.54 Å². The Hall–Kier alpha value is -1.73. The zero-order valence-corrected chi connectivity index (χ0v) is 14.6. The fourth-order valence-electron chi connectivity index (χ4n) is 2.44. The quantitative estimate of drug-likeness (QED) is 0.389. The molecule has 2 aromatic rings. The van der Waals surface area contributed by atoms with E-state index in [1.807, 2.05) is 29.4 Å². The number of anilines is 1. The molecule has 1 saturated heterocycles. The molecule has 2 N–H and O–H groups in total. The van der Waals surface area contributed by atoms with Gasteiger partial charge >= 0.3 is 0 Å². The van der Waals surface area contributed by atoms with E-state index in [4.69, 9.17) is 5.73 Å². The first-order valence-electron chi connectivity index (χ1n) is 7.70. The maximum absolute atomic E-state index is 6.13. The third kappa shape index (κ3) is 4.62. The Balaban J connectivity index is 1.41. The van der Waals surface area contributed by atoms with Crippen molar-refractivity contribution in [2.24, 2.45) is 10.7 Å². The van der Waals surface area contributed by atoms with Crippen LogP contribution in [-0.4, -0.2) is 54.3 Å². The number of rotatable bonds is 5. The molecule has 5 nitrogen and oxygen atoms in total. The lowest BCUT2D eigenvalue weighted by Gasteiger charge is -2.35. The van der Waals surface area contributed by atoms with Gasteiger partial charge in [0.2, 0.25) is 0 Å². The highest BCUT2D eigenvalue weighted by Crippen LogP contribution is 2.19. The number of hydrogen-bond donors (Lipinski definition) is 1. The summed E-state index contributed by atoms with van der Waals surface area (Å²) in [5.41, 5.74) is 6.13. The summed E-state index contributed by atoms with van der Waals surface area (Å²) in [5.74, 6) is 1.61. The second-order valence-corrected chi connectivity index (χ2v) is 7.23. The highest BCUT2D eigenvalue weighted by Gasteiger charge is 2.19. The molecule has 0 atom stereocenters. The van der Waals surface area contributed by atoms with Crippen molar-refractivity contribution < 1.29 is 0 Å². The zero-order chi connectivity index (χ0) is 15.9. The van der Waals surface area contributed by atoms with Gasteiger partial charge in [-0.3, -0.25) is 4.99 Å². The predicted molar refractivity (Wildman–Crippen MR) is 99.6 cm³/mol. The zero-order valence-electron chi connectivity index (χ0n) is 13.0. The van der Waals surface area contributed by atoms with Crippen molar-refractivity contribution in [2.75, 3.05) is 43.4 Å². The Kier molecular flexibility index (Phi) is 5.76. The Morgan fingerprint density at radius 1 is 1.22 bits per heavy atom. The highest BCUT2D eigenvalue weighted by molar-refractivity contribution is 7.99. The third-order valence-electron chi connectivity index (χ3n) is 3.67. The molecule has 2 heterocycles. The Labute approximate surface area is 145 Å². The minimum atomic E-state index is 0.664. The van der Waals surface area contributed by atoms with Gasteiger partial charge in [0.15, 0.2) is 11.1 Å². The number of hydrogen-bond acceptors (Lipinski definition) is 5. The average Bonchev–Trinajstić information content (AvgIpc) is 3.14. The van der Waals surface area contributed by atoms with Crippen LogP contribution in [0.1, 0.15) is 0 Å². The maximum Gasteiger partial charge on any atom is 0.191 e. The molecule has 0 aliphatic carbocycles. The van der Waals surface area contributed by atoms with Crippen LogP contribution in [0.3, 0.4) is 0 Å². The highest BCUT2D eigenvalue weighted by atomic mass is 32.2. The van der Waals surface area contributed by atoms with Crippen molar-refractivity contribution in [3.05, 3.63) is 41.9 Å². The van der Waals surface area contributed by atoms with E-state index in [-0.39, 0.29) is 0 Å². The monoisotopic (exact) mass is 347 g/mol. The van der Waals surface area contributed by atoms with Gasteiger partial charge in [0.1, 0.15) is 0 Å². The van der Waals surface area contributed by atoms with Crippen molar-refractivity contribution >= 4 is 34.2 Å². The fourth-order valence-corrected chi connectivity index (χ4v) is 3.90. The molecule has 1 aromatic carbocycles. The van der Waals surface area contributed by atoms with Gasteiger partial charge in [-0.15, -0.1) is 23.1 Å². The molecule has 0 unspecified atom stereocenters. The lowest BCUT2D eigenvalue weighted by atomic mass is 10.3. The van der Waals surface area contributed by atoms with Gasteiger partial charge in [-0.1, -0.05) is 18.2 Å². The molecule has 1 aliphatic rings. The van der Waals surface area contributed by atoms with Crippen molar-refractivity contribution in [3.8, 4) is 0 Å². The molecular formula is C16H21N5S2. The second-order valence-electron chi connectivity index (χ2n) is 5.19. The van der Waals surface area contributed by atoms with E-state index in [1.165, 1.54) is 4.90 Å². The number of nitrogens with two attached hydrogens (primary N) is 1. The summed E-state index contributed by atoms with van der Waals surface area (Å²) in [6.45, 7) is 4.45. The number of aliphatic imine (C=N–C) groups is 1. The SMILES string of the molecule is NC(=NCCSc1ccccc1)N1CCN(c2nccs2)CC1. The Morgan fingerprint density at radius 3 is 2.70 bits per heavy atom. The van der Waals surface area contributed by atoms with Crippen LogP contribution in [0.2, 0.25) is 0 Å². The van der Waals surface area contributed by atoms with Crippen LogP contribution in [0.25, 0.3) is 0 Å². The van der Waals surface area contributed by atoms with Gasteiger partial charge in [0.25, 0.3) is 0 Å². The van der Waals surface area contributed by atoms with Crippen LogP contribution in [0.15, 0.2) is 51.8 Å². The number of guanidine groups is 1. The normalized spacial score (nSPS) is 15.9. The number of benzene rings is 1. The standard InChI is InChI=1S/C16H21N5S2/c17-15(18-6-12-22-14-4-2-1-3-5-14)20-8-10-21(11-9-20)16-19-7-13-23-16/h1-5,7,13H,6,8-12H2,(H2,17,18). The van der Waals surface area contributed by atoms with Gasteiger partial charge in [-0.05, 0) is 12.1 Å². The van der Waals surface area contributed by atoms with Gasteiger partial charge in [-0.25, -0.2) is 4.98 Å². The van der Waals surface area contributed by atoms with Gasteiger partial charge < -0.3 is 15.5 Å². The second kappa shape index (κ2) is 8.21. The summed E-state index contributed by atoms with van der Waals surface area (Å²) in [6, 6.07) is 10.4. The molecule has 3 rings (SSSR count). The van der Waals surface area contributed by atoms with E-state index >= 15 is 0 Å². The molecule has 0 spiro atoms. The van der Waals surface area contributed by atoms with Crippen molar-refractivity contribution in [3.63, 3.8) is 0 Å². The largest absolute Gasteiger partial charge is 0.370 e. The molecule has 23 heavy (non-hydrogen) atoms. The van der Waals surface area contributed by atoms with Crippen LogP contribution in [0, 0.1) is 0 Å². The van der Waals surface area contributed by atoms with E-state index in [9.17, 15) is 0 Å². The first kappa shape index (κ1) is 16.1. The van der Waals surface area contributed by atoms with Crippen LogP contribution < -0.4 is 10.6 Å². The molecular weight excluding hydrogens is 326 g/mol.